The Bertz CT molecular complexity index is 555. The normalized spacial score (nSPS) is 10.1. The smallest absolute Gasteiger partial charge is 0.275 e. The number of nitrogens with two attached hydrogens (primary N) is 1. The first kappa shape index (κ1) is 12.1. The molecule has 2 aromatic rings. The Morgan fingerprint density at radius 1 is 1.11 bits per heavy atom. The van der Waals surface area contributed by atoms with E-state index in [0.29, 0.717) is 11.3 Å². The molecule has 0 heterocycles. The number of nitro benzene ring substituents is 1. The van der Waals surface area contributed by atoms with Crippen LogP contribution in [0.15, 0.2) is 48.5 Å². The van der Waals surface area contributed by atoms with Crippen LogP contribution in [0.5, 0.6) is 0 Å². The molecule has 0 saturated carbocycles. The lowest BCUT2D eigenvalue weighted by molar-refractivity contribution is -0.385. The highest BCUT2D eigenvalue weighted by Crippen LogP contribution is 2.25. The van der Waals surface area contributed by atoms with E-state index in [1.54, 1.807) is 12.1 Å². The average molecular weight is 243 g/mol. The summed E-state index contributed by atoms with van der Waals surface area (Å²) in [7, 11) is 0. The van der Waals surface area contributed by atoms with Gasteiger partial charge in [0.05, 0.1) is 4.92 Å². The van der Waals surface area contributed by atoms with Gasteiger partial charge in [-0.05, 0) is 24.3 Å². The van der Waals surface area contributed by atoms with E-state index >= 15 is 0 Å². The fraction of sp³-hybridized carbons (Fsp3) is 0.0769. The number of rotatable bonds is 4. The Morgan fingerprint density at radius 3 is 2.44 bits per heavy atom. The standard InChI is InChI=1S/C13H13N3O2/c14-9-10-6-7-12(8-13(10)16(17)18)15-11-4-2-1-3-5-11/h1-8,15H,9,14H2. The molecule has 2 rings (SSSR count). The van der Waals surface area contributed by atoms with E-state index in [-0.39, 0.29) is 12.2 Å². The summed E-state index contributed by atoms with van der Waals surface area (Å²) in [4.78, 5) is 10.5. The van der Waals surface area contributed by atoms with Crippen molar-refractivity contribution in [3.05, 3.63) is 64.2 Å². The topological polar surface area (TPSA) is 81.2 Å². The summed E-state index contributed by atoms with van der Waals surface area (Å²) >= 11 is 0. The number of nitrogens with zero attached hydrogens (tertiary/aromatic N) is 1. The molecule has 0 radical (unpaired) electrons. The van der Waals surface area contributed by atoms with E-state index in [1.807, 2.05) is 30.3 Å². The van der Waals surface area contributed by atoms with Gasteiger partial charge in [-0.2, -0.15) is 0 Å². The Balaban J connectivity index is 2.30. The molecule has 5 heteroatoms. The largest absolute Gasteiger partial charge is 0.355 e. The zero-order valence-corrected chi connectivity index (χ0v) is 9.67. The summed E-state index contributed by atoms with van der Waals surface area (Å²) in [6.45, 7) is 0.155. The quantitative estimate of drug-likeness (QED) is 0.639. The second kappa shape index (κ2) is 5.29. The summed E-state index contributed by atoms with van der Waals surface area (Å²) in [6.07, 6.45) is 0. The summed E-state index contributed by atoms with van der Waals surface area (Å²) in [5, 5.41) is 14.0. The van der Waals surface area contributed by atoms with E-state index in [2.05, 4.69) is 5.32 Å². The van der Waals surface area contributed by atoms with Crippen molar-refractivity contribution in [2.75, 3.05) is 5.32 Å². The third kappa shape index (κ3) is 2.64. The molecule has 0 atom stereocenters. The Morgan fingerprint density at radius 2 is 1.83 bits per heavy atom. The molecule has 92 valence electrons. The Labute approximate surface area is 104 Å². The molecular weight excluding hydrogens is 230 g/mol. The summed E-state index contributed by atoms with van der Waals surface area (Å²) in [5.74, 6) is 0. The molecule has 2 aromatic carbocycles. The number of benzene rings is 2. The van der Waals surface area contributed by atoms with E-state index in [1.165, 1.54) is 6.07 Å². The predicted octanol–water partition coefficient (Wildman–Crippen LogP) is 2.80. The maximum absolute atomic E-state index is 10.9. The van der Waals surface area contributed by atoms with Crippen molar-refractivity contribution >= 4 is 17.1 Å². The van der Waals surface area contributed by atoms with E-state index in [4.69, 9.17) is 5.73 Å². The summed E-state index contributed by atoms with van der Waals surface area (Å²) < 4.78 is 0. The third-order valence-electron chi connectivity index (χ3n) is 2.56. The van der Waals surface area contributed by atoms with Gasteiger partial charge in [-0.25, -0.2) is 0 Å². The SMILES string of the molecule is NCc1ccc(Nc2ccccc2)cc1[N+](=O)[O-]. The maximum atomic E-state index is 10.9. The van der Waals surface area contributed by atoms with Crippen LogP contribution in [0.4, 0.5) is 17.1 Å². The first-order chi connectivity index (χ1) is 8.70. The molecule has 0 aromatic heterocycles. The molecule has 0 amide bonds. The van der Waals surface area contributed by atoms with Gasteiger partial charge in [-0.1, -0.05) is 18.2 Å². The zero-order chi connectivity index (χ0) is 13.0. The second-order valence-electron chi connectivity index (χ2n) is 3.80. The molecule has 0 aliphatic heterocycles. The van der Waals surface area contributed by atoms with Crippen LogP contribution in [-0.4, -0.2) is 4.92 Å². The van der Waals surface area contributed by atoms with Gasteiger partial charge < -0.3 is 11.1 Å². The number of hydrogen-bond acceptors (Lipinski definition) is 4. The molecule has 18 heavy (non-hydrogen) atoms. The van der Waals surface area contributed by atoms with Gasteiger partial charge in [0.25, 0.3) is 5.69 Å². The number of anilines is 2. The lowest BCUT2D eigenvalue weighted by atomic mass is 10.1. The molecule has 0 saturated heterocycles. The molecule has 0 fully saturated rings. The highest BCUT2D eigenvalue weighted by molar-refractivity contribution is 5.63. The van der Waals surface area contributed by atoms with Crippen molar-refractivity contribution in [1.82, 2.24) is 0 Å². The van der Waals surface area contributed by atoms with Crippen LogP contribution in [0, 0.1) is 10.1 Å². The van der Waals surface area contributed by atoms with E-state index in [0.717, 1.165) is 5.69 Å². The van der Waals surface area contributed by atoms with Crippen LogP contribution in [0.3, 0.4) is 0 Å². The monoisotopic (exact) mass is 243 g/mol. The first-order valence-electron chi connectivity index (χ1n) is 5.50. The minimum atomic E-state index is -0.418. The maximum Gasteiger partial charge on any atom is 0.275 e. The molecule has 0 aliphatic rings. The summed E-state index contributed by atoms with van der Waals surface area (Å²) in [5.41, 5.74) is 7.59. The van der Waals surface area contributed by atoms with Crippen LogP contribution < -0.4 is 11.1 Å². The van der Waals surface area contributed by atoms with Crippen LogP contribution in [0.2, 0.25) is 0 Å². The number of hydrogen-bond donors (Lipinski definition) is 2. The third-order valence-corrected chi connectivity index (χ3v) is 2.56. The molecule has 3 N–H and O–H groups in total. The van der Waals surface area contributed by atoms with Crippen molar-refractivity contribution in [3.63, 3.8) is 0 Å². The Kier molecular flexibility index (Phi) is 3.54. The lowest BCUT2D eigenvalue weighted by Crippen LogP contribution is -2.02. The fourth-order valence-electron chi connectivity index (χ4n) is 1.67. The van der Waals surface area contributed by atoms with Crippen molar-refractivity contribution < 1.29 is 4.92 Å². The van der Waals surface area contributed by atoms with Gasteiger partial charge >= 0.3 is 0 Å². The molecule has 0 spiro atoms. The minimum absolute atomic E-state index is 0.0402. The minimum Gasteiger partial charge on any atom is -0.355 e. The number of para-hydroxylation sites is 1. The van der Waals surface area contributed by atoms with Gasteiger partial charge in [0.15, 0.2) is 0 Å². The highest BCUT2D eigenvalue weighted by atomic mass is 16.6. The first-order valence-corrected chi connectivity index (χ1v) is 5.50. The van der Waals surface area contributed by atoms with E-state index in [9.17, 15) is 10.1 Å². The summed E-state index contributed by atoms with van der Waals surface area (Å²) in [6, 6.07) is 14.4. The number of nitro groups is 1. The van der Waals surface area contributed by atoms with Gasteiger partial charge in [0.2, 0.25) is 0 Å². The van der Waals surface area contributed by atoms with Crippen LogP contribution in [-0.2, 0) is 6.54 Å². The van der Waals surface area contributed by atoms with Crippen molar-refractivity contribution in [2.24, 2.45) is 5.73 Å². The van der Waals surface area contributed by atoms with Crippen molar-refractivity contribution in [3.8, 4) is 0 Å². The second-order valence-corrected chi connectivity index (χ2v) is 3.80. The lowest BCUT2D eigenvalue weighted by Gasteiger charge is -2.07. The van der Waals surface area contributed by atoms with Crippen LogP contribution in [0.25, 0.3) is 0 Å². The van der Waals surface area contributed by atoms with Crippen molar-refractivity contribution in [1.29, 1.82) is 0 Å². The highest BCUT2D eigenvalue weighted by Gasteiger charge is 2.13. The molecule has 5 nitrogen and oxygen atoms in total. The zero-order valence-electron chi connectivity index (χ0n) is 9.67. The van der Waals surface area contributed by atoms with Gasteiger partial charge in [0, 0.05) is 29.5 Å². The van der Waals surface area contributed by atoms with Crippen LogP contribution >= 0.6 is 0 Å². The Hall–Kier alpha value is -2.40. The van der Waals surface area contributed by atoms with Crippen molar-refractivity contribution in [2.45, 2.75) is 6.54 Å². The molecule has 0 unspecified atom stereocenters. The predicted molar refractivity (Wildman–Crippen MR) is 70.7 cm³/mol. The van der Waals surface area contributed by atoms with Gasteiger partial charge in [-0.3, -0.25) is 10.1 Å². The fourth-order valence-corrected chi connectivity index (χ4v) is 1.67. The number of nitrogens with one attached hydrogen (secondary N) is 1. The molecule has 0 bridgehead atoms. The van der Waals surface area contributed by atoms with E-state index < -0.39 is 4.92 Å². The van der Waals surface area contributed by atoms with Gasteiger partial charge in [-0.15, -0.1) is 0 Å². The average Bonchev–Trinajstić information content (AvgIpc) is 2.40. The van der Waals surface area contributed by atoms with Crippen LogP contribution in [0.1, 0.15) is 5.56 Å². The molecular formula is C13H13N3O2. The van der Waals surface area contributed by atoms with Gasteiger partial charge in [0.1, 0.15) is 0 Å². The molecule has 0 aliphatic carbocycles.